The number of nitriles is 1. The van der Waals surface area contributed by atoms with E-state index >= 15 is 0 Å². The summed E-state index contributed by atoms with van der Waals surface area (Å²) in [6, 6.07) is 6.47. The second-order valence-corrected chi connectivity index (χ2v) is 7.23. The minimum Gasteiger partial charge on any atom is -0.382 e. The maximum Gasteiger partial charge on any atom is 0.201 e. The number of nitrogens with zero attached hydrogens (tertiary/aromatic N) is 3. The maximum atomic E-state index is 12.0. The molecule has 0 bridgehead atoms. The van der Waals surface area contributed by atoms with E-state index in [9.17, 15) is 8.42 Å². The Labute approximate surface area is 135 Å². The number of nitrogens with one attached hydrogen (secondary N) is 2. The molecule has 0 spiro atoms. The number of rotatable bonds is 5. The zero-order valence-electron chi connectivity index (χ0n) is 12.7. The van der Waals surface area contributed by atoms with Gasteiger partial charge in [0.25, 0.3) is 0 Å². The lowest BCUT2D eigenvalue weighted by atomic mass is 10.2. The minimum absolute atomic E-state index is 0.236. The van der Waals surface area contributed by atoms with Crippen molar-refractivity contribution >= 4 is 32.8 Å². The number of benzene rings is 1. The molecule has 1 heterocycles. The molecule has 23 heavy (non-hydrogen) atoms. The normalized spacial score (nSPS) is 15.3. The average Bonchev–Trinajstić information content (AvgIpc) is 3.00. The van der Waals surface area contributed by atoms with E-state index in [-0.39, 0.29) is 10.6 Å². The largest absolute Gasteiger partial charge is 0.382 e. The van der Waals surface area contributed by atoms with Crippen LogP contribution in [0, 0.1) is 16.7 Å². The van der Waals surface area contributed by atoms with Crippen LogP contribution in [0.25, 0.3) is 0 Å². The van der Waals surface area contributed by atoms with Gasteiger partial charge in [-0.15, -0.1) is 0 Å². The molecule has 1 aromatic rings. The fourth-order valence-electron chi connectivity index (χ4n) is 2.37. The third kappa shape index (κ3) is 3.98. The first kappa shape index (κ1) is 16.8. The Hall–Kier alpha value is -2.60. The number of hydrogen-bond donors (Lipinski definition) is 3. The molecule has 122 valence electrons. The van der Waals surface area contributed by atoms with Crippen molar-refractivity contribution in [3.63, 3.8) is 0 Å². The third-order valence-corrected chi connectivity index (χ3v) is 4.61. The summed E-state index contributed by atoms with van der Waals surface area (Å²) in [6.07, 6.45) is 3.21. The van der Waals surface area contributed by atoms with E-state index < -0.39 is 15.7 Å². The van der Waals surface area contributed by atoms with Crippen LogP contribution >= 0.6 is 0 Å². The van der Waals surface area contributed by atoms with Crippen molar-refractivity contribution < 1.29 is 8.42 Å². The highest BCUT2D eigenvalue weighted by atomic mass is 32.2. The van der Waals surface area contributed by atoms with E-state index in [4.69, 9.17) is 16.4 Å². The van der Waals surface area contributed by atoms with Crippen LogP contribution in [0.1, 0.15) is 12.8 Å². The molecule has 2 rings (SSSR count). The summed E-state index contributed by atoms with van der Waals surface area (Å²) < 4.78 is 23.9. The quantitative estimate of drug-likeness (QED) is 0.416. The number of hydrazone groups is 1. The molecule has 1 fully saturated rings. The van der Waals surface area contributed by atoms with E-state index in [1.807, 2.05) is 4.90 Å². The van der Waals surface area contributed by atoms with Crippen LogP contribution < -0.4 is 16.1 Å². The number of nitrogens with two attached hydrogens (primary N) is 1. The van der Waals surface area contributed by atoms with E-state index in [0.29, 0.717) is 11.4 Å². The number of amidine groups is 1. The molecular formula is C14H18N6O2S. The zero-order chi connectivity index (χ0) is 17.0. The summed E-state index contributed by atoms with van der Waals surface area (Å²) in [6.45, 7) is 1.60. The predicted octanol–water partition coefficient (Wildman–Crippen LogP) is 0.918. The Morgan fingerprint density at radius 2 is 2.09 bits per heavy atom. The molecule has 0 saturated carbocycles. The minimum atomic E-state index is -3.35. The first-order chi connectivity index (χ1) is 10.8. The monoisotopic (exact) mass is 334 g/mol. The van der Waals surface area contributed by atoms with Gasteiger partial charge in [0.05, 0.1) is 16.3 Å². The molecule has 9 heteroatoms. The van der Waals surface area contributed by atoms with Crippen molar-refractivity contribution in [3.8, 4) is 6.07 Å². The second kappa shape index (κ2) is 6.66. The highest BCUT2D eigenvalue weighted by Crippen LogP contribution is 2.31. The van der Waals surface area contributed by atoms with E-state index in [1.165, 1.54) is 12.3 Å². The summed E-state index contributed by atoms with van der Waals surface area (Å²) in [7, 11) is -3.35. The maximum absolute atomic E-state index is 12.0. The molecule has 0 aliphatic carbocycles. The summed E-state index contributed by atoms with van der Waals surface area (Å²) in [5.41, 5.74) is 8.77. The van der Waals surface area contributed by atoms with Crippen molar-refractivity contribution in [2.45, 2.75) is 17.7 Å². The molecule has 4 N–H and O–H groups in total. The van der Waals surface area contributed by atoms with Gasteiger partial charge in [0, 0.05) is 19.3 Å². The Morgan fingerprint density at radius 3 is 2.61 bits per heavy atom. The van der Waals surface area contributed by atoms with Gasteiger partial charge in [0.1, 0.15) is 6.07 Å². The Kier molecular flexibility index (Phi) is 4.86. The van der Waals surface area contributed by atoms with Crippen molar-refractivity contribution in [3.05, 3.63) is 18.2 Å². The summed E-state index contributed by atoms with van der Waals surface area (Å²) in [5, 5.41) is 19.8. The van der Waals surface area contributed by atoms with Crippen molar-refractivity contribution in [2.75, 3.05) is 29.7 Å². The molecule has 0 unspecified atom stereocenters. The first-order valence-corrected chi connectivity index (χ1v) is 8.89. The van der Waals surface area contributed by atoms with Gasteiger partial charge in [-0.3, -0.25) is 10.8 Å². The van der Waals surface area contributed by atoms with E-state index in [1.54, 1.807) is 18.2 Å². The molecule has 0 atom stereocenters. The molecule has 0 aromatic heterocycles. The molecule has 8 nitrogen and oxygen atoms in total. The van der Waals surface area contributed by atoms with Crippen LogP contribution in [0.5, 0.6) is 0 Å². The lowest BCUT2D eigenvalue weighted by molar-refractivity contribution is 0.601. The van der Waals surface area contributed by atoms with Gasteiger partial charge in [-0.2, -0.15) is 10.4 Å². The van der Waals surface area contributed by atoms with E-state index in [2.05, 4.69) is 10.5 Å². The molecule has 0 amide bonds. The van der Waals surface area contributed by atoms with Crippen LogP contribution in [0.3, 0.4) is 0 Å². The van der Waals surface area contributed by atoms with Crippen LogP contribution in [0.4, 0.5) is 11.4 Å². The van der Waals surface area contributed by atoms with Crippen molar-refractivity contribution in [1.29, 1.82) is 10.7 Å². The van der Waals surface area contributed by atoms with Gasteiger partial charge in [-0.05, 0) is 31.0 Å². The standard InChI is InChI=1S/C14H18N6O2S/c1-23(21,22)13-5-4-10(18-19-11(9-15)14(16)17)8-12(13)20-6-2-3-7-20/h4-5,8,18H,2-3,6-7H2,1H3,(H3,16,17)/b19-11+. The second-order valence-electron chi connectivity index (χ2n) is 5.25. The molecule has 1 aliphatic rings. The smallest absolute Gasteiger partial charge is 0.201 e. The first-order valence-electron chi connectivity index (χ1n) is 7.00. The third-order valence-electron chi connectivity index (χ3n) is 3.46. The average molecular weight is 334 g/mol. The summed E-state index contributed by atoms with van der Waals surface area (Å²) in [5.74, 6) is -0.437. The van der Waals surface area contributed by atoms with Gasteiger partial charge in [0.15, 0.2) is 15.7 Å². The summed E-state index contributed by atoms with van der Waals surface area (Å²) >= 11 is 0. The van der Waals surface area contributed by atoms with Crippen molar-refractivity contribution in [2.24, 2.45) is 10.8 Å². The Morgan fingerprint density at radius 1 is 1.43 bits per heavy atom. The van der Waals surface area contributed by atoms with Crippen LogP contribution in [-0.4, -0.2) is 39.3 Å². The highest BCUT2D eigenvalue weighted by molar-refractivity contribution is 7.90. The SMILES string of the molecule is CS(=O)(=O)c1ccc(N/N=C(\C#N)C(=N)N)cc1N1CCCC1. The van der Waals surface area contributed by atoms with Crippen LogP contribution in [0.15, 0.2) is 28.2 Å². The number of anilines is 2. The van der Waals surface area contributed by atoms with Gasteiger partial charge in [0.2, 0.25) is 5.71 Å². The molecule has 1 saturated heterocycles. The lowest BCUT2D eigenvalue weighted by Crippen LogP contribution is -2.22. The Bertz CT molecular complexity index is 788. The van der Waals surface area contributed by atoms with Crippen LogP contribution in [-0.2, 0) is 9.84 Å². The van der Waals surface area contributed by atoms with Gasteiger partial charge in [-0.1, -0.05) is 0 Å². The predicted molar refractivity (Wildman–Crippen MR) is 89.6 cm³/mol. The molecule has 1 aromatic carbocycles. The van der Waals surface area contributed by atoms with Crippen LogP contribution in [0.2, 0.25) is 0 Å². The number of hydrogen-bond acceptors (Lipinski definition) is 7. The number of sulfone groups is 1. The molecule has 0 radical (unpaired) electrons. The lowest BCUT2D eigenvalue weighted by Gasteiger charge is -2.21. The van der Waals surface area contributed by atoms with Gasteiger partial charge in [-0.25, -0.2) is 8.42 Å². The topological polar surface area (TPSA) is 135 Å². The fourth-order valence-corrected chi connectivity index (χ4v) is 3.25. The van der Waals surface area contributed by atoms with Crippen molar-refractivity contribution in [1.82, 2.24) is 0 Å². The Balaban J connectivity index is 2.39. The van der Waals surface area contributed by atoms with E-state index in [0.717, 1.165) is 25.9 Å². The molecular weight excluding hydrogens is 316 g/mol. The highest BCUT2D eigenvalue weighted by Gasteiger charge is 2.21. The zero-order valence-corrected chi connectivity index (χ0v) is 13.5. The summed E-state index contributed by atoms with van der Waals surface area (Å²) in [4.78, 5) is 2.28. The fraction of sp³-hybridized carbons (Fsp3) is 0.357. The van der Waals surface area contributed by atoms with Gasteiger partial charge < -0.3 is 10.6 Å². The van der Waals surface area contributed by atoms with Gasteiger partial charge >= 0.3 is 0 Å². The molecule has 1 aliphatic heterocycles.